The van der Waals surface area contributed by atoms with Crippen LogP contribution in [0.15, 0.2) is 0 Å². The fraction of sp³-hybridized carbons (Fsp3) is 0.786. The molecule has 0 radical (unpaired) electrons. The van der Waals surface area contributed by atoms with Gasteiger partial charge < -0.3 is 20.4 Å². The summed E-state index contributed by atoms with van der Waals surface area (Å²) in [4.78, 5) is 36.3. The van der Waals surface area contributed by atoms with Gasteiger partial charge in [0.15, 0.2) is 0 Å². The molecular formula is C14H23N3O5. The third-order valence-electron chi connectivity index (χ3n) is 4.39. The maximum absolute atomic E-state index is 12.4. The van der Waals surface area contributed by atoms with Crippen molar-refractivity contribution >= 4 is 17.8 Å². The van der Waals surface area contributed by atoms with Gasteiger partial charge in [-0.15, -0.1) is 0 Å². The van der Waals surface area contributed by atoms with Crippen LogP contribution >= 0.6 is 0 Å². The molecule has 0 unspecified atom stereocenters. The van der Waals surface area contributed by atoms with Crippen molar-refractivity contribution in [1.82, 2.24) is 15.5 Å². The van der Waals surface area contributed by atoms with Crippen molar-refractivity contribution in [2.45, 2.75) is 56.8 Å². The SMILES string of the molecule is C[C@H](N[C@H](C(=O)O)[C@@H]1CCCN1)C(=O)N1CCC[C@H]1C(=O)O. The van der Waals surface area contributed by atoms with Gasteiger partial charge in [-0.25, -0.2) is 4.79 Å². The van der Waals surface area contributed by atoms with Crippen LogP contribution < -0.4 is 10.6 Å². The van der Waals surface area contributed by atoms with Crippen LogP contribution in [0.5, 0.6) is 0 Å². The van der Waals surface area contributed by atoms with E-state index in [9.17, 15) is 19.5 Å². The van der Waals surface area contributed by atoms with E-state index in [0.717, 1.165) is 19.4 Å². The Balaban J connectivity index is 2.00. The Kier molecular flexibility index (Phi) is 5.36. The van der Waals surface area contributed by atoms with Crippen molar-refractivity contribution in [3.63, 3.8) is 0 Å². The molecule has 2 rings (SSSR count). The van der Waals surface area contributed by atoms with Crippen LogP contribution in [-0.4, -0.2) is 70.2 Å². The maximum atomic E-state index is 12.4. The average Bonchev–Trinajstić information content (AvgIpc) is 3.13. The Bertz CT molecular complexity index is 450. The number of rotatable bonds is 6. The highest BCUT2D eigenvalue weighted by atomic mass is 16.4. The molecule has 124 valence electrons. The van der Waals surface area contributed by atoms with Crippen molar-refractivity contribution < 1.29 is 24.6 Å². The zero-order valence-electron chi connectivity index (χ0n) is 12.6. The summed E-state index contributed by atoms with van der Waals surface area (Å²) in [6.45, 7) is 2.76. The molecule has 0 aromatic heterocycles. The highest BCUT2D eigenvalue weighted by Gasteiger charge is 2.38. The van der Waals surface area contributed by atoms with Crippen molar-refractivity contribution in [2.75, 3.05) is 13.1 Å². The number of aliphatic carboxylic acids is 2. The van der Waals surface area contributed by atoms with Crippen LogP contribution in [0.25, 0.3) is 0 Å². The fourth-order valence-corrected chi connectivity index (χ4v) is 3.23. The molecule has 2 saturated heterocycles. The van der Waals surface area contributed by atoms with Gasteiger partial charge in [-0.2, -0.15) is 0 Å². The third kappa shape index (κ3) is 3.56. The Morgan fingerprint density at radius 1 is 1.23 bits per heavy atom. The lowest BCUT2D eigenvalue weighted by molar-refractivity contribution is -0.149. The van der Waals surface area contributed by atoms with E-state index in [1.807, 2.05) is 0 Å². The number of nitrogens with zero attached hydrogens (tertiary/aromatic N) is 1. The average molecular weight is 313 g/mol. The number of hydrogen-bond acceptors (Lipinski definition) is 5. The number of carboxylic acid groups (broad SMARTS) is 2. The fourth-order valence-electron chi connectivity index (χ4n) is 3.23. The lowest BCUT2D eigenvalue weighted by Crippen LogP contribution is -2.57. The molecule has 0 saturated carbocycles. The Morgan fingerprint density at radius 2 is 1.95 bits per heavy atom. The zero-order chi connectivity index (χ0) is 16.3. The van der Waals surface area contributed by atoms with Gasteiger partial charge in [0, 0.05) is 12.6 Å². The lowest BCUT2D eigenvalue weighted by atomic mass is 10.1. The van der Waals surface area contributed by atoms with Gasteiger partial charge in [0.25, 0.3) is 0 Å². The molecule has 0 aromatic carbocycles. The first kappa shape index (κ1) is 16.7. The van der Waals surface area contributed by atoms with E-state index >= 15 is 0 Å². The molecule has 2 heterocycles. The summed E-state index contributed by atoms with van der Waals surface area (Å²) < 4.78 is 0. The molecule has 22 heavy (non-hydrogen) atoms. The molecule has 0 aromatic rings. The summed E-state index contributed by atoms with van der Waals surface area (Å²) in [5.41, 5.74) is 0. The number of hydrogen-bond donors (Lipinski definition) is 4. The molecule has 0 spiro atoms. The van der Waals surface area contributed by atoms with Gasteiger partial charge in [-0.05, 0) is 39.2 Å². The summed E-state index contributed by atoms with van der Waals surface area (Å²) in [5, 5.41) is 24.5. The second-order valence-corrected chi connectivity index (χ2v) is 5.94. The molecule has 1 amide bonds. The topological polar surface area (TPSA) is 119 Å². The van der Waals surface area contributed by atoms with Gasteiger partial charge in [0.2, 0.25) is 5.91 Å². The quantitative estimate of drug-likeness (QED) is 0.509. The van der Waals surface area contributed by atoms with Crippen molar-refractivity contribution in [3.05, 3.63) is 0 Å². The van der Waals surface area contributed by atoms with Crippen molar-refractivity contribution in [1.29, 1.82) is 0 Å². The smallest absolute Gasteiger partial charge is 0.326 e. The number of carbonyl (C=O) groups is 3. The highest BCUT2D eigenvalue weighted by Crippen LogP contribution is 2.19. The van der Waals surface area contributed by atoms with E-state index < -0.39 is 30.1 Å². The predicted molar refractivity (Wildman–Crippen MR) is 77.4 cm³/mol. The van der Waals surface area contributed by atoms with Gasteiger partial charge >= 0.3 is 11.9 Å². The van der Waals surface area contributed by atoms with Crippen LogP contribution in [0.2, 0.25) is 0 Å². The lowest BCUT2D eigenvalue weighted by Gasteiger charge is -2.29. The Morgan fingerprint density at radius 3 is 2.50 bits per heavy atom. The maximum Gasteiger partial charge on any atom is 0.326 e. The minimum Gasteiger partial charge on any atom is -0.480 e. The summed E-state index contributed by atoms with van der Waals surface area (Å²) in [6, 6.07) is -2.60. The van der Waals surface area contributed by atoms with Crippen LogP contribution in [0.4, 0.5) is 0 Å². The van der Waals surface area contributed by atoms with E-state index in [2.05, 4.69) is 10.6 Å². The molecule has 4 N–H and O–H groups in total. The summed E-state index contributed by atoms with van der Waals surface area (Å²) in [5.74, 6) is -2.37. The number of carbonyl (C=O) groups excluding carboxylic acids is 1. The largest absolute Gasteiger partial charge is 0.480 e. The van der Waals surface area contributed by atoms with Crippen molar-refractivity contribution in [2.24, 2.45) is 0 Å². The van der Waals surface area contributed by atoms with E-state index in [1.54, 1.807) is 6.92 Å². The summed E-state index contributed by atoms with van der Waals surface area (Å²) >= 11 is 0. The first-order chi connectivity index (χ1) is 10.4. The molecule has 8 heteroatoms. The van der Waals surface area contributed by atoms with Gasteiger partial charge in [0.05, 0.1) is 6.04 Å². The monoisotopic (exact) mass is 313 g/mol. The van der Waals surface area contributed by atoms with E-state index in [4.69, 9.17) is 5.11 Å². The standard InChI is InChI=1S/C14H23N3O5/c1-8(12(18)17-7-3-5-10(17)13(19)20)16-11(14(21)22)9-4-2-6-15-9/h8-11,15-16H,2-7H2,1H3,(H,19,20)(H,21,22)/t8-,9-,10-,11-/m0/s1. The predicted octanol–water partition coefficient (Wildman–Crippen LogP) is -0.755. The summed E-state index contributed by atoms with van der Waals surface area (Å²) in [7, 11) is 0. The van der Waals surface area contributed by atoms with Crippen LogP contribution in [0.3, 0.4) is 0 Å². The minimum atomic E-state index is -1.01. The molecule has 8 nitrogen and oxygen atoms in total. The van der Waals surface area contributed by atoms with Crippen LogP contribution in [0, 0.1) is 0 Å². The number of nitrogens with one attached hydrogen (secondary N) is 2. The Labute approximate surface area is 128 Å². The summed E-state index contributed by atoms with van der Waals surface area (Å²) in [6.07, 6.45) is 2.75. The third-order valence-corrected chi connectivity index (χ3v) is 4.39. The first-order valence-electron chi connectivity index (χ1n) is 7.67. The van der Waals surface area contributed by atoms with E-state index in [-0.39, 0.29) is 11.9 Å². The van der Waals surface area contributed by atoms with E-state index in [1.165, 1.54) is 4.90 Å². The molecule has 4 atom stereocenters. The molecule has 0 bridgehead atoms. The van der Waals surface area contributed by atoms with Gasteiger partial charge in [0.1, 0.15) is 12.1 Å². The van der Waals surface area contributed by atoms with E-state index in [0.29, 0.717) is 19.4 Å². The van der Waals surface area contributed by atoms with Gasteiger partial charge in [-0.1, -0.05) is 0 Å². The molecule has 2 aliphatic heterocycles. The second-order valence-electron chi connectivity index (χ2n) is 5.94. The molecule has 0 aliphatic carbocycles. The zero-order valence-corrected chi connectivity index (χ0v) is 12.6. The first-order valence-corrected chi connectivity index (χ1v) is 7.67. The number of amides is 1. The number of carboxylic acids is 2. The van der Waals surface area contributed by atoms with Crippen molar-refractivity contribution in [3.8, 4) is 0 Å². The molecular weight excluding hydrogens is 290 g/mol. The van der Waals surface area contributed by atoms with Gasteiger partial charge in [-0.3, -0.25) is 14.9 Å². The van der Waals surface area contributed by atoms with Crippen LogP contribution in [0.1, 0.15) is 32.6 Å². The highest BCUT2D eigenvalue weighted by molar-refractivity contribution is 5.88. The second kappa shape index (κ2) is 7.06. The van der Waals surface area contributed by atoms with Crippen LogP contribution in [-0.2, 0) is 14.4 Å². The number of likely N-dealkylation sites (tertiary alicyclic amines) is 1. The molecule has 2 aliphatic rings. The molecule has 2 fully saturated rings. The normalized spacial score (nSPS) is 27.6. The minimum absolute atomic E-state index is 0.207. The Hall–Kier alpha value is -1.67.